The topological polar surface area (TPSA) is 192 Å². The number of rotatable bonds is 17. The first-order valence-electron chi connectivity index (χ1n) is 15.2. The molecule has 1 atom stereocenters. The van der Waals surface area contributed by atoms with Gasteiger partial charge in [0.2, 0.25) is 0 Å². The molecule has 0 fully saturated rings. The first-order chi connectivity index (χ1) is 21.6. The number of carbonyl (C=O) groups is 2. The van der Waals surface area contributed by atoms with Crippen LogP contribution >= 0.6 is 7.82 Å². The minimum Gasteiger partial charge on any atom is -0.481 e. The predicted molar refractivity (Wildman–Crippen MR) is 174 cm³/mol. The smallest absolute Gasteiger partial charge is 0.481 e. The summed E-state index contributed by atoms with van der Waals surface area (Å²) >= 11 is 0. The third kappa shape index (κ3) is 12.1. The molecule has 0 aliphatic carbocycles. The van der Waals surface area contributed by atoms with Gasteiger partial charge in [-0.3, -0.25) is 9.32 Å². The summed E-state index contributed by atoms with van der Waals surface area (Å²) < 4.78 is 25.4. The first kappa shape index (κ1) is 36.6. The molecular formula is C32H44N3O10P. The van der Waals surface area contributed by atoms with Crippen LogP contribution in [-0.4, -0.2) is 40.0 Å². The van der Waals surface area contributed by atoms with Crippen molar-refractivity contribution in [3.05, 3.63) is 75.7 Å². The van der Waals surface area contributed by atoms with E-state index in [0.29, 0.717) is 41.6 Å². The minimum absolute atomic E-state index is 0.0658. The highest BCUT2D eigenvalue weighted by atomic mass is 31.2. The molecule has 1 aromatic heterocycles. The van der Waals surface area contributed by atoms with Gasteiger partial charge in [-0.25, -0.2) is 14.2 Å². The molecule has 0 aliphatic heterocycles. The maximum Gasteiger partial charge on any atom is 0.519 e. The molecular weight excluding hydrogens is 617 g/mol. The number of anilines is 3. The molecule has 0 radical (unpaired) electrons. The highest BCUT2D eigenvalue weighted by Gasteiger charge is 2.23. The number of aliphatic carboxylic acids is 1. The van der Waals surface area contributed by atoms with Crippen LogP contribution in [0.3, 0.4) is 0 Å². The molecule has 3 aromatic rings. The molecule has 2 aromatic carbocycles. The van der Waals surface area contributed by atoms with E-state index in [9.17, 15) is 24.1 Å². The number of urea groups is 1. The normalized spacial score (nSPS) is 12.4. The number of phosphoric ester groups is 1. The van der Waals surface area contributed by atoms with Gasteiger partial charge in [-0.2, -0.15) is 0 Å². The number of carbonyl (C=O) groups excluding carboxylic acids is 1. The molecule has 14 heteroatoms. The third-order valence-corrected chi connectivity index (χ3v) is 7.49. The molecule has 1 heterocycles. The average molecular weight is 662 g/mol. The fourth-order valence-corrected chi connectivity index (χ4v) is 5.43. The Morgan fingerprint density at radius 1 is 0.957 bits per heavy atom. The van der Waals surface area contributed by atoms with Crippen LogP contribution < -0.4 is 21.4 Å². The third-order valence-electron chi connectivity index (χ3n) is 7.03. The Morgan fingerprint density at radius 3 is 2.17 bits per heavy atom. The second-order valence-electron chi connectivity index (χ2n) is 12.2. The van der Waals surface area contributed by atoms with E-state index >= 15 is 0 Å². The number of nitrogens with one attached hydrogen (secondary N) is 2. The summed E-state index contributed by atoms with van der Waals surface area (Å²) in [6, 6.07) is 12.6. The van der Waals surface area contributed by atoms with Crippen LogP contribution in [0.5, 0.6) is 0 Å². The Balaban J connectivity index is 1.90. The maximum absolute atomic E-state index is 13.2. The summed E-state index contributed by atoms with van der Waals surface area (Å²) in [5.74, 6) is -1.91. The summed E-state index contributed by atoms with van der Waals surface area (Å²) in [6.45, 7) is 11.3. The van der Waals surface area contributed by atoms with Gasteiger partial charge in [0.05, 0.1) is 17.8 Å². The summed E-state index contributed by atoms with van der Waals surface area (Å²) in [5.41, 5.74) is 3.74. The van der Waals surface area contributed by atoms with Gasteiger partial charge in [0.1, 0.15) is 6.61 Å². The van der Waals surface area contributed by atoms with Gasteiger partial charge in [0, 0.05) is 25.2 Å². The monoisotopic (exact) mass is 661 g/mol. The van der Waals surface area contributed by atoms with Crippen molar-refractivity contribution in [1.82, 2.24) is 0 Å². The van der Waals surface area contributed by atoms with Crippen molar-refractivity contribution in [2.45, 2.75) is 72.8 Å². The molecule has 0 saturated heterocycles. The number of hydrogen-bond donors (Lipinski definition) is 5. The van der Waals surface area contributed by atoms with Gasteiger partial charge >= 0.3 is 25.6 Å². The molecule has 46 heavy (non-hydrogen) atoms. The van der Waals surface area contributed by atoms with Crippen LogP contribution in [0.25, 0.3) is 0 Å². The van der Waals surface area contributed by atoms with Gasteiger partial charge < -0.3 is 39.3 Å². The van der Waals surface area contributed by atoms with E-state index in [1.54, 1.807) is 0 Å². The van der Waals surface area contributed by atoms with Crippen LogP contribution in [0, 0.1) is 18.8 Å². The SMILES string of the molecule is Cc1ccc(NC(=O)Nc2cc(C(CCCc3oc(=O)oc3COP(=O)(O)O)CC(=O)O)ccc2N(CC(C)C)CC(C)C)cc1. The number of carboxylic acids is 1. The van der Waals surface area contributed by atoms with Gasteiger partial charge in [-0.1, -0.05) is 51.5 Å². The van der Waals surface area contributed by atoms with Crippen molar-refractivity contribution >= 4 is 36.9 Å². The van der Waals surface area contributed by atoms with Crippen molar-refractivity contribution in [2.75, 3.05) is 28.6 Å². The predicted octanol–water partition coefficient (Wildman–Crippen LogP) is 6.49. The van der Waals surface area contributed by atoms with Crippen LogP contribution in [0.1, 0.15) is 75.5 Å². The number of amides is 2. The number of aryl methyl sites for hydroxylation is 2. The van der Waals surface area contributed by atoms with Crippen LogP contribution in [0.2, 0.25) is 0 Å². The zero-order chi connectivity index (χ0) is 34.0. The van der Waals surface area contributed by atoms with Crippen molar-refractivity contribution in [3.63, 3.8) is 0 Å². The largest absolute Gasteiger partial charge is 0.519 e. The van der Waals surface area contributed by atoms with E-state index in [2.05, 4.69) is 47.8 Å². The Hall–Kier alpha value is -3.90. The van der Waals surface area contributed by atoms with Gasteiger partial charge in [0.15, 0.2) is 11.5 Å². The standard InChI is InChI=1S/C32H44N3O10P/c1-20(2)17-35(18-21(3)4)27-14-11-24(15-26(27)34-31(38)33-25-12-9-22(5)10-13-25)23(16-30(36)37)7-6-8-28-29(45-32(39)44-28)19-43-46(40,41)42/h9-15,20-21,23H,6-8,16-19H2,1-5H3,(H,36,37)(H2,33,34,38)(H2,40,41,42). The van der Waals surface area contributed by atoms with Crippen molar-refractivity contribution in [1.29, 1.82) is 0 Å². The van der Waals surface area contributed by atoms with E-state index in [-0.39, 0.29) is 24.4 Å². The summed E-state index contributed by atoms with van der Waals surface area (Å²) in [4.78, 5) is 57.0. The molecule has 1 unspecified atom stereocenters. The fraction of sp³-hybridized carbons (Fsp3) is 0.469. The van der Waals surface area contributed by atoms with Gasteiger partial charge in [-0.05, 0) is 67.3 Å². The molecule has 0 aliphatic rings. The zero-order valence-electron chi connectivity index (χ0n) is 26.8. The quantitative estimate of drug-likeness (QED) is 0.0993. The lowest BCUT2D eigenvalue weighted by atomic mass is 9.89. The molecule has 2 amide bonds. The van der Waals surface area contributed by atoms with E-state index in [1.165, 1.54) is 0 Å². The van der Waals surface area contributed by atoms with Crippen LogP contribution in [0.4, 0.5) is 21.9 Å². The Morgan fingerprint density at radius 2 is 1.59 bits per heavy atom. The highest BCUT2D eigenvalue weighted by Crippen LogP contribution is 2.38. The lowest BCUT2D eigenvalue weighted by Gasteiger charge is -2.31. The summed E-state index contributed by atoms with van der Waals surface area (Å²) in [5, 5.41) is 15.6. The van der Waals surface area contributed by atoms with Crippen molar-refractivity contribution < 1.29 is 42.4 Å². The molecule has 13 nitrogen and oxygen atoms in total. The van der Waals surface area contributed by atoms with Crippen molar-refractivity contribution in [3.8, 4) is 0 Å². The van der Waals surface area contributed by atoms with Gasteiger partial charge in [-0.15, -0.1) is 0 Å². The maximum atomic E-state index is 13.2. The van der Waals surface area contributed by atoms with Crippen LogP contribution in [0.15, 0.2) is 56.1 Å². The number of benzene rings is 2. The number of carboxylic acid groups (broad SMARTS) is 1. The van der Waals surface area contributed by atoms with E-state index in [1.807, 2.05) is 49.4 Å². The molecule has 0 saturated carbocycles. The molecule has 5 N–H and O–H groups in total. The fourth-order valence-electron chi connectivity index (χ4n) is 5.14. The first-order valence-corrected chi connectivity index (χ1v) is 16.7. The van der Waals surface area contributed by atoms with Crippen LogP contribution in [-0.2, 0) is 26.9 Å². The second kappa shape index (κ2) is 16.6. The molecule has 0 spiro atoms. The second-order valence-corrected chi connectivity index (χ2v) is 13.4. The van der Waals surface area contributed by atoms with Crippen molar-refractivity contribution in [2.24, 2.45) is 11.8 Å². The lowest BCUT2D eigenvalue weighted by molar-refractivity contribution is -0.137. The molecule has 0 bridgehead atoms. The number of nitrogens with zero attached hydrogens (tertiary/aromatic N) is 1. The minimum atomic E-state index is -4.81. The zero-order valence-corrected chi connectivity index (χ0v) is 27.7. The average Bonchev–Trinajstić information content (AvgIpc) is 3.30. The molecule has 252 valence electrons. The highest BCUT2D eigenvalue weighted by molar-refractivity contribution is 7.46. The van der Waals surface area contributed by atoms with Gasteiger partial charge in [0.25, 0.3) is 0 Å². The Labute approximate surface area is 268 Å². The summed E-state index contributed by atoms with van der Waals surface area (Å²) in [6.07, 6.45) is 0.657. The lowest BCUT2D eigenvalue weighted by Crippen LogP contribution is -2.32. The van der Waals surface area contributed by atoms with E-state index in [0.717, 1.165) is 24.3 Å². The molecule has 3 rings (SSSR count). The Kier molecular flexibility index (Phi) is 13.2. The van der Waals surface area contributed by atoms with E-state index < -0.39 is 38.2 Å². The Bertz CT molecular complexity index is 1550. The van der Waals surface area contributed by atoms with E-state index in [4.69, 9.17) is 18.6 Å². The number of hydrogen-bond acceptors (Lipinski definition) is 8. The summed E-state index contributed by atoms with van der Waals surface area (Å²) in [7, 11) is -4.81. The number of phosphoric acid groups is 1.